The van der Waals surface area contributed by atoms with E-state index in [9.17, 15) is 33.9 Å². The lowest BCUT2D eigenvalue weighted by atomic mass is 9.92. The van der Waals surface area contributed by atoms with Crippen molar-refractivity contribution in [3.63, 3.8) is 0 Å². The van der Waals surface area contributed by atoms with Crippen LogP contribution in [-0.4, -0.2) is 142 Å². The van der Waals surface area contributed by atoms with Crippen molar-refractivity contribution in [1.82, 2.24) is 19.8 Å². The third kappa shape index (κ3) is 15.8. The van der Waals surface area contributed by atoms with Gasteiger partial charge in [0, 0.05) is 71.3 Å². The molecule has 0 unspecified atom stereocenters. The first-order valence-corrected chi connectivity index (χ1v) is 29.8. The Hall–Kier alpha value is -9.04. The number of esters is 2. The molecule has 20 nitrogen and oxygen atoms in total. The number of aliphatic carboxylic acids is 1. The van der Waals surface area contributed by atoms with Crippen LogP contribution in [0.5, 0.6) is 23.0 Å². The van der Waals surface area contributed by atoms with Crippen molar-refractivity contribution in [3.8, 4) is 45.5 Å². The third-order valence-electron chi connectivity index (χ3n) is 15.7. The molecule has 2 saturated heterocycles. The van der Waals surface area contributed by atoms with Gasteiger partial charge in [0.1, 0.15) is 58.0 Å². The second-order valence-corrected chi connectivity index (χ2v) is 24.5. The van der Waals surface area contributed by atoms with Crippen molar-refractivity contribution in [3.05, 3.63) is 135 Å². The fourth-order valence-corrected chi connectivity index (χ4v) is 11.0. The molecule has 2 aliphatic heterocycles. The Morgan fingerprint density at radius 2 is 1.06 bits per heavy atom. The molecule has 4 heterocycles. The number of hydrogen-bond donors (Lipinski definition) is 2. The number of carbonyl (C=O) groups excluding carboxylic acids is 5. The average molecular weight is 1220 g/mol. The van der Waals surface area contributed by atoms with Gasteiger partial charge < -0.3 is 48.7 Å². The molecule has 3 N–H and O–H groups in total. The van der Waals surface area contributed by atoms with E-state index in [1.165, 1.54) is 9.80 Å². The number of carboxylic acid groups (broad SMARTS) is 1. The van der Waals surface area contributed by atoms with E-state index in [0.29, 0.717) is 59.2 Å². The summed E-state index contributed by atoms with van der Waals surface area (Å²) in [6, 6.07) is 32.4. The minimum Gasteiger partial charge on any atom is -0.497 e. The highest BCUT2D eigenvalue weighted by Crippen LogP contribution is 2.57. The van der Waals surface area contributed by atoms with Gasteiger partial charge in [-0.25, -0.2) is 24.4 Å². The van der Waals surface area contributed by atoms with Gasteiger partial charge in [0.25, 0.3) is 0 Å². The van der Waals surface area contributed by atoms with Gasteiger partial charge in [0.15, 0.2) is 5.78 Å². The fourth-order valence-electron chi connectivity index (χ4n) is 11.0. The number of benzene rings is 4. The SMILES string of the molecule is C=C[C@@H]1C[C@]1(CC(=O)[C@@H]1C[C@@H](Oc2cc(-c3ccccc3)nc3cc(OC)ccc23)CN1C(=O)OC(C)(C)C)C(=O)OCC.C=C[C@@H]1C[C@]1(N)C(=O)OCC.COc1ccc2c(O[C@@H]3C[C@@H](C(=O)O)N(C(=O)OC(C)(C)C)C3)cc(-c3ccccc3)nc2c1. The maximum atomic E-state index is 13.9. The first-order chi connectivity index (χ1) is 42.3. The Kier molecular flexibility index (Phi) is 20.4. The van der Waals surface area contributed by atoms with E-state index in [1.807, 2.05) is 109 Å². The molecule has 2 saturated carbocycles. The van der Waals surface area contributed by atoms with Crippen LogP contribution in [0.4, 0.5) is 9.59 Å². The summed E-state index contributed by atoms with van der Waals surface area (Å²) >= 11 is 0. The van der Waals surface area contributed by atoms with Crippen molar-refractivity contribution in [2.24, 2.45) is 23.0 Å². The molecule has 4 aromatic carbocycles. The normalized spacial score (nSPS) is 22.4. The molecule has 20 heteroatoms. The highest BCUT2D eigenvalue weighted by Gasteiger charge is 2.62. The number of nitrogens with zero attached hydrogens (tertiary/aromatic N) is 4. The summed E-state index contributed by atoms with van der Waals surface area (Å²) in [5.41, 5.74) is 7.15. The number of likely N-dealkylation sites (tertiary alicyclic amines) is 2. The first-order valence-electron chi connectivity index (χ1n) is 29.8. The zero-order chi connectivity index (χ0) is 64.6. The molecule has 4 aliphatic rings. The maximum Gasteiger partial charge on any atom is 0.411 e. The number of carboxylic acids is 1. The Morgan fingerprint density at radius 3 is 1.45 bits per heavy atom. The monoisotopic (exact) mass is 1220 g/mol. The lowest BCUT2D eigenvalue weighted by Gasteiger charge is -2.28. The summed E-state index contributed by atoms with van der Waals surface area (Å²) < 4.78 is 44.9. The summed E-state index contributed by atoms with van der Waals surface area (Å²) in [7, 11) is 3.20. The van der Waals surface area contributed by atoms with Crippen LogP contribution in [0.2, 0.25) is 0 Å². The van der Waals surface area contributed by atoms with Crippen LogP contribution in [0.1, 0.15) is 87.5 Å². The topological polar surface area (TPSA) is 255 Å². The number of aromatic nitrogens is 2. The standard InChI is InChI=1S/C35H40N2O7.C26H28N2O6.C8H13NO2/c1-7-23-19-35(23,32(39)42-8-2)20-30(38)29-17-25(21-37(29)33(40)44-34(3,4)5)43-31-18-27(22-12-10-9-11-13-22)36-28-16-24(41-6)14-15-26(28)31;1-26(2,3)34-25(31)28-15-18(13-22(28)24(29)30)33-23-14-20(16-8-6-5-7-9-16)27-21-12-17(32-4)10-11-19(21)23;1-3-6-5-8(6,9)7(10)11-4-2/h7,9-16,18,23,25,29H,1,8,17,19-21H2,2-6H3;5-12,14,18,22H,13,15H2,1-4H3,(H,29,30);3,6H,1,4-5,9H2,2H3/t23-,25-,29+,35-;18-,22+;6-,8-/m111/s1. The highest BCUT2D eigenvalue weighted by atomic mass is 16.6. The van der Waals surface area contributed by atoms with E-state index >= 15 is 0 Å². The van der Waals surface area contributed by atoms with Gasteiger partial charge in [-0.05, 0) is 98.4 Å². The number of ketones is 1. The van der Waals surface area contributed by atoms with E-state index < -0.39 is 70.6 Å². The van der Waals surface area contributed by atoms with Crippen LogP contribution in [0.25, 0.3) is 44.3 Å². The van der Waals surface area contributed by atoms with Crippen molar-refractivity contribution >= 4 is 57.7 Å². The van der Waals surface area contributed by atoms with Gasteiger partial charge in [-0.2, -0.15) is 0 Å². The Balaban J connectivity index is 0.000000201. The van der Waals surface area contributed by atoms with Gasteiger partial charge in [0.05, 0.1) is 74.4 Å². The predicted molar refractivity (Wildman–Crippen MR) is 335 cm³/mol. The number of methoxy groups -OCH3 is 2. The minimum atomic E-state index is -1.09. The van der Waals surface area contributed by atoms with Gasteiger partial charge >= 0.3 is 30.1 Å². The lowest BCUT2D eigenvalue weighted by Crippen LogP contribution is -2.44. The van der Waals surface area contributed by atoms with Gasteiger partial charge in [-0.3, -0.25) is 24.2 Å². The summed E-state index contributed by atoms with van der Waals surface area (Å²) in [6.45, 7) is 22.3. The number of allylic oxidation sites excluding steroid dienone is 1. The van der Waals surface area contributed by atoms with Crippen LogP contribution < -0.4 is 24.7 Å². The summed E-state index contributed by atoms with van der Waals surface area (Å²) in [5.74, 6) is 0.412. The average Bonchev–Trinajstić information content (AvgIpc) is 1.65. The number of amides is 2. The number of ether oxygens (including phenoxy) is 8. The van der Waals surface area contributed by atoms with Crippen molar-refractivity contribution < 1.29 is 71.8 Å². The summed E-state index contributed by atoms with van der Waals surface area (Å²) in [4.78, 5) is 88.1. The molecule has 6 aromatic rings. The van der Waals surface area contributed by atoms with Gasteiger partial charge in [0.2, 0.25) is 0 Å². The molecular formula is C69H81N5O15. The van der Waals surface area contributed by atoms with Crippen molar-refractivity contribution in [2.45, 2.75) is 129 Å². The first kappa shape index (κ1) is 65.9. The molecule has 8 atom stereocenters. The molecule has 0 bridgehead atoms. The number of nitrogens with two attached hydrogens (primary N) is 1. The molecule has 0 spiro atoms. The zero-order valence-corrected chi connectivity index (χ0v) is 52.3. The molecule has 4 fully saturated rings. The molecule has 0 radical (unpaired) electrons. The number of Topliss-reactive ketones (excluding diaryl/α,β-unsaturated/α-hetero) is 1. The van der Waals surface area contributed by atoms with E-state index in [2.05, 4.69) is 13.2 Å². The minimum absolute atomic E-state index is 0.0463. The maximum absolute atomic E-state index is 13.9. The van der Waals surface area contributed by atoms with Gasteiger partial charge in [-0.15, -0.1) is 13.2 Å². The molecular weight excluding hydrogens is 1140 g/mol. The Bertz CT molecular complexity index is 3590. The molecule has 2 aliphatic carbocycles. The smallest absolute Gasteiger partial charge is 0.411 e. The van der Waals surface area contributed by atoms with Crippen LogP contribution in [0.15, 0.2) is 135 Å². The number of pyridine rings is 2. The number of carbonyl (C=O) groups is 6. The molecule has 2 amide bonds. The Labute approximate surface area is 519 Å². The Morgan fingerprint density at radius 1 is 0.618 bits per heavy atom. The van der Waals surface area contributed by atoms with E-state index in [4.69, 9.17) is 53.6 Å². The second kappa shape index (κ2) is 27.6. The second-order valence-electron chi connectivity index (χ2n) is 24.5. The van der Waals surface area contributed by atoms with E-state index in [0.717, 1.165) is 27.6 Å². The number of rotatable bonds is 18. The lowest BCUT2D eigenvalue weighted by molar-refractivity contribution is -0.152. The van der Waals surface area contributed by atoms with Crippen LogP contribution in [-0.2, 0) is 38.1 Å². The number of fused-ring (bicyclic) bond motifs is 2. The van der Waals surface area contributed by atoms with E-state index in [1.54, 1.807) is 81.8 Å². The quantitative estimate of drug-likeness (QED) is 0.0461. The molecule has 10 rings (SSSR count). The van der Waals surface area contributed by atoms with Crippen molar-refractivity contribution in [1.29, 1.82) is 0 Å². The molecule has 472 valence electrons. The van der Waals surface area contributed by atoms with Gasteiger partial charge in [-0.1, -0.05) is 72.8 Å². The molecule has 2 aromatic heterocycles. The zero-order valence-electron chi connectivity index (χ0n) is 52.3. The third-order valence-corrected chi connectivity index (χ3v) is 15.7. The van der Waals surface area contributed by atoms with E-state index in [-0.39, 0.29) is 62.5 Å². The summed E-state index contributed by atoms with van der Waals surface area (Å²) in [6.07, 6.45) is 2.62. The van der Waals surface area contributed by atoms with Crippen LogP contribution >= 0.6 is 0 Å². The van der Waals surface area contributed by atoms with Crippen LogP contribution in [0, 0.1) is 17.3 Å². The fraction of sp³-hybridized carbons (Fsp3) is 0.420. The van der Waals surface area contributed by atoms with Crippen LogP contribution in [0.3, 0.4) is 0 Å². The van der Waals surface area contributed by atoms with Crippen molar-refractivity contribution in [2.75, 3.05) is 40.5 Å². The summed E-state index contributed by atoms with van der Waals surface area (Å²) in [5, 5.41) is 11.2. The largest absolute Gasteiger partial charge is 0.497 e. The number of hydrogen-bond acceptors (Lipinski definition) is 17. The highest BCUT2D eigenvalue weighted by molar-refractivity contribution is 5.95. The molecule has 89 heavy (non-hydrogen) atoms. The predicted octanol–water partition coefficient (Wildman–Crippen LogP) is 11.6.